The topological polar surface area (TPSA) is 33.1 Å². The van der Waals surface area contributed by atoms with Crippen LogP contribution < -0.4 is 0 Å². The zero-order chi connectivity index (χ0) is 9.14. The zero-order valence-electron chi connectivity index (χ0n) is 7.12. The Morgan fingerprint density at radius 2 is 2.33 bits per heavy atom. The number of thiazole rings is 1. The van der Waals surface area contributed by atoms with Crippen LogP contribution in [0.1, 0.15) is 31.4 Å². The molecule has 0 aliphatic heterocycles. The van der Waals surface area contributed by atoms with Crippen LogP contribution in [-0.4, -0.2) is 10.1 Å². The molecule has 1 heterocycles. The van der Waals surface area contributed by atoms with Crippen molar-refractivity contribution in [3.63, 3.8) is 0 Å². The second-order valence-electron chi connectivity index (χ2n) is 3.15. The lowest BCUT2D eigenvalue weighted by Gasteiger charge is -2.09. The fraction of sp³-hybridized carbons (Fsp3) is 0.625. The van der Waals surface area contributed by atoms with Crippen LogP contribution in [0.3, 0.4) is 0 Å². The first-order chi connectivity index (χ1) is 5.59. The zero-order valence-corrected chi connectivity index (χ0v) is 9.52. The second-order valence-corrected chi connectivity index (χ2v) is 4.86. The fourth-order valence-electron chi connectivity index (χ4n) is 0.967. The Morgan fingerprint density at radius 1 is 1.67 bits per heavy atom. The first kappa shape index (κ1) is 10.2. The lowest BCUT2D eigenvalue weighted by Crippen LogP contribution is -2.00. The highest BCUT2D eigenvalue weighted by Crippen LogP contribution is 2.25. The molecule has 0 aliphatic rings. The van der Waals surface area contributed by atoms with E-state index in [0.717, 1.165) is 16.0 Å². The highest BCUT2D eigenvalue weighted by Gasteiger charge is 2.12. The van der Waals surface area contributed by atoms with Crippen LogP contribution >= 0.6 is 27.3 Å². The average Bonchev–Trinajstić information content (AvgIpc) is 2.34. The minimum atomic E-state index is -0.402. The summed E-state index contributed by atoms with van der Waals surface area (Å²) in [5.41, 5.74) is 0. The minimum Gasteiger partial charge on any atom is -0.386 e. The molecule has 0 spiro atoms. The number of hydrogen-bond acceptors (Lipinski definition) is 3. The molecule has 0 fully saturated rings. The molecule has 1 N–H and O–H groups in total. The monoisotopic (exact) mass is 249 g/mol. The second kappa shape index (κ2) is 4.35. The first-order valence-electron chi connectivity index (χ1n) is 3.88. The minimum absolute atomic E-state index is 0.402. The third-order valence-electron chi connectivity index (χ3n) is 1.47. The highest BCUT2D eigenvalue weighted by atomic mass is 79.9. The summed E-state index contributed by atoms with van der Waals surface area (Å²) in [6.07, 6.45) is 0.376. The summed E-state index contributed by atoms with van der Waals surface area (Å²) >= 11 is 4.75. The number of rotatable bonds is 3. The van der Waals surface area contributed by atoms with Gasteiger partial charge in [-0.05, 0) is 28.3 Å². The van der Waals surface area contributed by atoms with Gasteiger partial charge in [0.1, 0.15) is 15.7 Å². The molecule has 0 radical (unpaired) electrons. The summed E-state index contributed by atoms with van der Waals surface area (Å²) in [7, 11) is 0. The molecule has 1 rings (SSSR count). The van der Waals surface area contributed by atoms with Gasteiger partial charge >= 0.3 is 0 Å². The van der Waals surface area contributed by atoms with Crippen LogP contribution in [0.15, 0.2) is 9.98 Å². The Hall–Kier alpha value is 0.0700. The van der Waals surface area contributed by atoms with Crippen molar-refractivity contribution in [3.8, 4) is 0 Å². The van der Waals surface area contributed by atoms with Crippen molar-refractivity contribution in [2.75, 3.05) is 0 Å². The molecule has 1 aromatic heterocycles. The number of nitrogens with zero attached hydrogens (tertiary/aromatic N) is 1. The van der Waals surface area contributed by atoms with E-state index in [9.17, 15) is 5.11 Å². The van der Waals surface area contributed by atoms with Gasteiger partial charge in [-0.25, -0.2) is 4.98 Å². The predicted octanol–water partition coefficient (Wildman–Crippen LogP) is 2.99. The summed E-state index contributed by atoms with van der Waals surface area (Å²) in [5, 5.41) is 12.3. The van der Waals surface area contributed by atoms with Gasteiger partial charge in [0.05, 0.1) is 0 Å². The van der Waals surface area contributed by atoms with Crippen LogP contribution in [0.25, 0.3) is 0 Å². The normalized spacial score (nSPS) is 13.8. The van der Waals surface area contributed by atoms with Crippen LogP contribution in [0.5, 0.6) is 0 Å². The predicted molar refractivity (Wildman–Crippen MR) is 54.2 cm³/mol. The maximum atomic E-state index is 9.63. The third-order valence-corrected chi connectivity index (χ3v) is 3.13. The van der Waals surface area contributed by atoms with Gasteiger partial charge in [-0.1, -0.05) is 13.8 Å². The number of halogens is 1. The van der Waals surface area contributed by atoms with Crippen molar-refractivity contribution in [1.82, 2.24) is 4.98 Å². The molecule has 68 valence electrons. The lowest BCUT2D eigenvalue weighted by molar-refractivity contribution is 0.150. The summed E-state index contributed by atoms with van der Waals surface area (Å²) < 4.78 is 0.810. The Bertz CT molecular complexity index is 249. The van der Waals surface area contributed by atoms with Gasteiger partial charge in [0.2, 0.25) is 0 Å². The molecule has 1 aromatic rings. The number of hydrogen-bond donors (Lipinski definition) is 1. The van der Waals surface area contributed by atoms with E-state index in [1.165, 1.54) is 11.3 Å². The van der Waals surface area contributed by atoms with Crippen LogP contribution in [0, 0.1) is 5.92 Å². The molecular formula is C8H12BrNOS. The molecule has 0 unspecified atom stereocenters. The lowest BCUT2D eigenvalue weighted by atomic mass is 10.1. The maximum Gasteiger partial charge on any atom is 0.123 e. The molecule has 0 aliphatic carbocycles. The van der Waals surface area contributed by atoms with E-state index in [0.29, 0.717) is 5.92 Å². The number of aliphatic hydroxyl groups is 1. The van der Waals surface area contributed by atoms with E-state index in [-0.39, 0.29) is 0 Å². The quantitative estimate of drug-likeness (QED) is 0.894. The molecule has 0 saturated carbocycles. The fourth-order valence-corrected chi connectivity index (χ4v) is 2.23. The molecule has 0 bridgehead atoms. The highest BCUT2D eigenvalue weighted by molar-refractivity contribution is 9.10. The summed E-state index contributed by atoms with van der Waals surface area (Å²) in [5.74, 6) is 0.502. The standard InChI is InChI=1S/C8H12BrNOS/c1-5(2)3-6(11)8-10-7(9)4-12-8/h4-6,11H,3H2,1-2H3/t6-/m0/s1. The average molecular weight is 250 g/mol. The Morgan fingerprint density at radius 3 is 2.75 bits per heavy atom. The van der Waals surface area contributed by atoms with Gasteiger partial charge in [-0.3, -0.25) is 0 Å². The molecule has 0 aromatic carbocycles. The van der Waals surface area contributed by atoms with Crippen molar-refractivity contribution in [2.45, 2.75) is 26.4 Å². The van der Waals surface area contributed by atoms with Gasteiger partial charge in [0.15, 0.2) is 0 Å². The van der Waals surface area contributed by atoms with Gasteiger partial charge in [-0.15, -0.1) is 11.3 Å². The van der Waals surface area contributed by atoms with E-state index in [1.807, 2.05) is 5.38 Å². The van der Waals surface area contributed by atoms with Crippen molar-refractivity contribution < 1.29 is 5.11 Å². The number of aliphatic hydroxyl groups excluding tert-OH is 1. The summed E-state index contributed by atoms with van der Waals surface area (Å²) in [4.78, 5) is 4.15. The Kier molecular flexibility index (Phi) is 3.68. The summed E-state index contributed by atoms with van der Waals surface area (Å²) in [6.45, 7) is 4.18. The molecule has 2 nitrogen and oxygen atoms in total. The van der Waals surface area contributed by atoms with Gasteiger partial charge in [0.25, 0.3) is 0 Å². The maximum absolute atomic E-state index is 9.63. The van der Waals surface area contributed by atoms with Gasteiger partial charge in [0, 0.05) is 5.38 Å². The van der Waals surface area contributed by atoms with Crippen molar-refractivity contribution in [1.29, 1.82) is 0 Å². The molecular weight excluding hydrogens is 238 g/mol. The van der Waals surface area contributed by atoms with E-state index in [1.54, 1.807) is 0 Å². The molecule has 1 atom stereocenters. The van der Waals surface area contributed by atoms with Gasteiger partial charge in [-0.2, -0.15) is 0 Å². The largest absolute Gasteiger partial charge is 0.386 e. The van der Waals surface area contributed by atoms with Crippen LogP contribution in [0.2, 0.25) is 0 Å². The molecule has 12 heavy (non-hydrogen) atoms. The van der Waals surface area contributed by atoms with E-state index in [2.05, 4.69) is 34.8 Å². The van der Waals surface area contributed by atoms with E-state index >= 15 is 0 Å². The smallest absolute Gasteiger partial charge is 0.123 e. The van der Waals surface area contributed by atoms with Crippen molar-refractivity contribution >= 4 is 27.3 Å². The van der Waals surface area contributed by atoms with E-state index < -0.39 is 6.10 Å². The number of aromatic nitrogens is 1. The third kappa shape index (κ3) is 2.84. The molecule has 0 saturated heterocycles. The van der Waals surface area contributed by atoms with Crippen LogP contribution in [0.4, 0.5) is 0 Å². The van der Waals surface area contributed by atoms with Crippen molar-refractivity contribution in [3.05, 3.63) is 15.0 Å². The Balaban J connectivity index is 2.58. The van der Waals surface area contributed by atoms with Crippen molar-refractivity contribution in [2.24, 2.45) is 5.92 Å². The summed E-state index contributed by atoms with van der Waals surface area (Å²) in [6, 6.07) is 0. The molecule has 4 heteroatoms. The molecule has 0 amide bonds. The Labute approximate surface area is 84.8 Å². The van der Waals surface area contributed by atoms with E-state index in [4.69, 9.17) is 0 Å². The SMILES string of the molecule is CC(C)C[C@H](O)c1nc(Br)cs1. The van der Waals surface area contributed by atoms with Gasteiger partial charge < -0.3 is 5.11 Å². The first-order valence-corrected chi connectivity index (χ1v) is 5.56. The van der Waals surface area contributed by atoms with Crippen LogP contribution in [-0.2, 0) is 0 Å².